The van der Waals surface area contributed by atoms with E-state index < -0.39 is 0 Å². The summed E-state index contributed by atoms with van der Waals surface area (Å²) in [6.45, 7) is 7.93. The van der Waals surface area contributed by atoms with E-state index in [-0.39, 0.29) is 0 Å². The first-order valence-corrected chi connectivity index (χ1v) is 7.52. The predicted molar refractivity (Wildman–Crippen MR) is 93.0 cm³/mol. The van der Waals surface area contributed by atoms with Gasteiger partial charge in [0.2, 0.25) is 5.95 Å². The second-order valence-electron chi connectivity index (χ2n) is 5.89. The lowest BCUT2D eigenvalue weighted by molar-refractivity contribution is 0.425. The number of nitrogens with one attached hydrogen (secondary N) is 2. The summed E-state index contributed by atoms with van der Waals surface area (Å²) in [5.41, 5.74) is 4.48. The van der Waals surface area contributed by atoms with E-state index in [2.05, 4.69) is 57.5 Å². The van der Waals surface area contributed by atoms with E-state index in [1.807, 2.05) is 27.1 Å². The number of anilines is 3. The fraction of sp³-hybridized carbons (Fsp3) is 0.412. The molecule has 5 nitrogen and oxygen atoms in total. The standard InChI is InChI=1S/C17H25N5/c1-12-6-7-15(13(2)10-12)20-16-11-14(3)19-17(21-16)18-8-9-22(4)5/h6-7,10-11H,8-9H2,1-5H3,(H2,18,19,20,21). The Morgan fingerprint density at radius 3 is 2.50 bits per heavy atom. The molecule has 0 radical (unpaired) electrons. The first-order chi connectivity index (χ1) is 10.4. The van der Waals surface area contributed by atoms with Gasteiger partial charge in [0.25, 0.3) is 0 Å². The van der Waals surface area contributed by atoms with Crippen LogP contribution in [-0.4, -0.2) is 42.1 Å². The van der Waals surface area contributed by atoms with Gasteiger partial charge in [-0.05, 0) is 46.5 Å². The Labute approximate surface area is 132 Å². The van der Waals surface area contributed by atoms with Gasteiger partial charge < -0.3 is 15.5 Å². The molecule has 0 unspecified atom stereocenters. The SMILES string of the molecule is Cc1ccc(Nc2cc(C)nc(NCCN(C)C)n2)c(C)c1. The average Bonchev–Trinajstić information content (AvgIpc) is 2.41. The quantitative estimate of drug-likeness (QED) is 0.858. The van der Waals surface area contributed by atoms with Crippen LogP contribution in [0.3, 0.4) is 0 Å². The molecule has 0 spiro atoms. The van der Waals surface area contributed by atoms with Crippen molar-refractivity contribution in [2.45, 2.75) is 20.8 Å². The molecule has 2 rings (SSSR count). The first-order valence-electron chi connectivity index (χ1n) is 7.52. The highest BCUT2D eigenvalue weighted by Gasteiger charge is 2.04. The topological polar surface area (TPSA) is 53.1 Å². The van der Waals surface area contributed by atoms with Gasteiger partial charge in [0.15, 0.2) is 0 Å². The third-order valence-corrected chi connectivity index (χ3v) is 3.34. The summed E-state index contributed by atoms with van der Waals surface area (Å²) < 4.78 is 0. The van der Waals surface area contributed by atoms with Crippen LogP contribution < -0.4 is 10.6 Å². The van der Waals surface area contributed by atoms with Crippen molar-refractivity contribution in [2.75, 3.05) is 37.8 Å². The number of benzene rings is 1. The van der Waals surface area contributed by atoms with Crippen molar-refractivity contribution >= 4 is 17.5 Å². The summed E-state index contributed by atoms with van der Waals surface area (Å²) in [7, 11) is 4.10. The summed E-state index contributed by atoms with van der Waals surface area (Å²) in [5.74, 6) is 1.47. The zero-order chi connectivity index (χ0) is 16.1. The molecule has 0 saturated carbocycles. The number of hydrogen-bond acceptors (Lipinski definition) is 5. The van der Waals surface area contributed by atoms with Crippen molar-refractivity contribution in [3.63, 3.8) is 0 Å². The third kappa shape index (κ3) is 4.70. The summed E-state index contributed by atoms with van der Waals surface area (Å²) in [5, 5.41) is 6.64. The van der Waals surface area contributed by atoms with E-state index in [9.17, 15) is 0 Å². The minimum Gasteiger partial charge on any atom is -0.353 e. The van der Waals surface area contributed by atoms with Crippen LogP contribution in [0.15, 0.2) is 24.3 Å². The van der Waals surface area contributed by atoms with Gasteiger partial charge in [0.05, 0.1) is 0 Å². The summed E-state index contributed by atoms with van der Waals surface area (Å²) >= 11 is 0. The summed E-state index contributed by atoms with van der Waals surface area (Å²) in [6.07, 6.45) is 0. The van der Waals surface area contributed by atoms with Crippen molar-refractivity contribution < 1.29 is 0 Å². The van der Waals surface area contributed by atoms with Gasteiger partial charge in [0.1, 0.15) is 5.82 Å². The molecule has 0 fully saturated rings. The van der Waals surface area contributed by atoms with Gasteiger partial charge in [-0.15, -0.1) is 0 Å². The van der Waals surface area contributed by atoms with Crippen molar-refractivity contribution in [1.82, 2.24) is 14.9 Å². The lowest BCUT2D eigenvalue weighted by atomic mass is 10.1. The van der Waals surface area contributed by atoms with Crippen LogP contribution in [0.5, 0.6) is 0 Å². The molecule has 0 aliphatic carbocycles. The van der Waals surface area contributed by atoms with E-state index >= 15 is 0 Å². The maximum Gasteiger partial charge on any atom is 0.224 e. The molecule has 2 N–H and O–H groups in total. The molecule has 0 amide bonds. The molecule has 1 aromatic heterocycles. The van der Waals surface area contributed by atoms with E-state index in [0.29, 0.717) is 5.95 Å². The van der Waals surface area contributed by atoms with Crippen LogP contribution in [0.4, 0.5) is 17.5 Å². The van der Waals surface area contributed by atoms with Gasteiger partial charge in [-0.25, -0.2) is 4.98 Å². The number of hydrogen-bond donors (Lipinski definition) is 2. The molecule has 118 valence electrons. The van der Waals surface area contributed by atoms with E-state index in [0.717, 1.165) is 30.3 Å². The van der Waals surface area contributed by atoms with E-state index in [1.165, 1.54) is 11.1 Å². The molecule has 5 heteroatoms. The molecular weight excluding hydrogens is 274 g/mol. The fourth-order valence-corrected chi connectivity index (χ4v) is 2.19. The van der Waals surface area contributed by atoms with Gasteiger partial charge in [0, 0.05) is 30.5 Å². The molecule has 0 saturated heterocycles. The largest absolute Gasteiger partial charge is 0.353 e. The third-order valence-electron chi connectivity index (χ3n) is 3.34. The zero-order valence-corrected chi connectivity index (χ0v) is 14.1. The molecular formula is C17H25N5. The molecule has 0 aliphatic rings. The molecule has 1 heterocycles. The fourth-order valence-electron chi connectivity index (χ4n) is 2.19. The first kappa shape index (κ1) is 16.2. The van der Waals surface area contributed by atoms with Gasteiger partial charge in [-0.3, -0.25) is 0 Å². The van der Waals surface area contributed by atoms with Crippen molar-refractivity contribution in [1.29, 1.82) is 0 Å². The van der Waals surface area contributed by atoms with Crippen molar-refractivity contribution in [3.8, 4) is 0 Å². The Balaban J connectivity index is 2.12. The summed E-state index contributed by atoms with van der Waals surface area (Å²) in [6, 6.07) is 8.30. The number of aryl methyl sites for hydroxylation is 3. The molecule has 0 atom stereocenters. The normalized spacial score (nSPS) is 10.8. The van der Waals surface area contributed by atoms with Gasteiger partial charge >= 0.3 is 0 Å². The predicted octanol–water partition coefficient (Wildman–Crippen LogP) is 3.12. The highest BCUT2D eigenvalue weighted by atomic mass is 15.2. The van der Waals surface area contributed by atoms with Gasteiger partial charge in [-0.1, -0.05) is 17.7 Å². The number of aromatic nitrogens is 2. The second kappa shape index (κ2) is 7.22. The highest BCUT2D eigenvalue weighted by molar-refractivity contribution is 5.61. The van der Waals surface area contributed by atoms with Crippen molar-refractivity contribution in [3.05, 3.63) is 41.1 Å². The van der Waals surface area contributed by atoms with Crippen LogP contribution in [0.25, 0.3) is 0 Å². The molecule has 0 bridgehead atoms. The van der Waals surface area contributed by atoms with Crippen LogP contribution in [0.1, 0.15) is 16.8 Å². The molecule has 1 aromatic carbocycles. The Morgan fingerprint density at radius 2 is 1.82 bits per heavy atom. The number of rotatable bonds is 6. The van der Waals surface area contributed by atoms with E-state index in [4.69, 9.17) is 0 Å². The Bertz CT molecular complexity index is 637. The number of nitrogens with zero attached hydrogens (tertiary/aromatic N) is 3. The minimum atomic E-state index is 0.661. The average molecular weight is 299 g/mol. The lowest BCUT2D eigenvalue weighted by Gasteiger charge is -2.13. The highest BCUT2D eigenvalue weighted by Crippen LogP contribution is 2.21. The Kier molecular flexibility index (Phi) is 5.33. The minimum absolute atomic E-state index is 0.661. The monoisotopic (exact) mass is 299 g/mol. The van der Waals surface area contributed by atoms with Gasteiger partial charge in [-0.2, -0.15) is 4.98 Å². The summed E-state index contributed by atoms with van der Waals surface area (Å²) in [4.78, 5) is 11.1. The molecule has 22 heavy (non-hydrogen) atoms. The maximum atomic E-state index is 4.54. The molecule has 2 aromatic rings. The molecule has 0 aliphatic heterocycles. The van der Waals surface area contributed by atoms with Crippen LogP contribution >= 0.6 is 0 Å². The van der Waals surface area contributed by atoms with Crippen molar-refractivity contribution in [2.24, 2.45) is 0 Å². The van der Waals surface area contributed by atoms with Crippen LogP contribution in [0.2, 0.25) is 0 Å². The Morgan fingerprint density at radius 1 is 1.05 bits per heavy atom. The van der Waals surface area contributed by atoms with Crippen LogP contribution in [0, 0.1) is 20.8 Å². The number of likely N-dealkylation sites (N-methyl/N-ethyl adjacent to an activating group) is 1. The zero-order valence-electron chi connectivity index (χ0n) is 14.1. The smallest absolute Gasteiger partial charge is 0.224 e. The van der Waals surface area contributed by atoms with Crippen LogP contribution in [-0.2, 0) is 0 Å². The van der Waals surface area contributed by atoms with E-state index in [1.54, 1.807) is 0 Å². The second-order valence-corrected chi connectivity index (χ2v) is 5.89. The maximum absolute atomic E-state index is 4.54. The Hall–Kier alpha value is -2.14. The lowest BCUT2D eigenvalue weighted by Crippen LogP contribution is -2.21.